The van der Waals surface area contributed by atoms with Crippen LogP contribution in [0, 0.1) is 6.92 Å². The van der Waals surface area contributed by atoms with Gasteiger partial charge >= 0.3 is 6.18 Å². The molecule has 1 heterocycles. The van der Waals surface area contributed by atoms with Crippen LogP contribution in [0.15, 0.2) is 30.3 Å². The highest BCUT2D eigenvalue weighted by Gasteiger charge is 2.33. The van der Waals surface area contributed by atoms with Crippen LogP contribution in [0.1, 0.15) is 18.2 Å². The van der Waals surface area contributed by atoms with Crippen LogP contribution in [0.3, 0.4) is 0 Å². The zero-order chi connectivity index (χ0) is 15.5. The second-order valence-electron chi connectivity index (χ2n) is 4.42. The van der Waals surface area contributed by atoms with E-state index in [-0.39, 0.29) is 5.69 Å². The lowest BCUT2D eigenvalue weighted by molar-refractivity contribution is -0.136. The van der Waals surface area contributed by atoms with E-state index in [1.165, 1.54) is 18.2 Å². The first-order chi connectivity index (χ1) is 9.90. The zero-order valence-corrected chi connectivity index (χ0v) is 11.6. The van der Waals surface area contributed by atoms with Gasteiger partial charge in [-0.05, 0) is 26.0 Å². The maximum absolute atomic E-state index is 12.9. The normalized spacial score (nSPS) is 11.3. The first-order valence-corrected chi connectivity index (χ1v) is 6.43. The fourth-order valence-electron chi connectivity index (χ4n) is 1.85. The number of aryl methyl sites for hydroxylation is 1. The molecule has 1 aromatic heterocycles. The molecule has 1 aromatic carbocycles. The highest BCUT2D eigenvalue weighted by molar-refractivity contribution is 5.62. The number of alkyl halides is 3. The average molecular weight is 296 g/mol. The Morgan fingerprint density at radius 3 is 2.52 bits per heavy atom. The highest BCUT2D eigenvalue weighted by atomic mass is 19.4. The van der Waals surface area contributed by atoms with Crippen molar-refractivity contribution < 1.29 is 13.2 Å². The second kappa shape index (κ2) is 5.99. The monoisotopic (exact) mass is 296 g/mol. The van der Waals surface area contributed by atoms with E-state index in [0.717, 1.165) is 6.07 Å². The molecule has 2 aromatic rings. The minimum absolute atomic E-state index is 0.0365. The van der Waals surface area contributed by atoms with Gasteiger partial charge in [-0.1, -0.05) is 12.1 Å². The number of hydrogen-bond acceptors (Lipinski definition) is 4. The molecule has 0 spiro atoms. The Hall–Kier alpha value is -2.31. The van der Waals surface area contributed by atoms with Crippen LogP contribution < -0.4 is 10.6 Å². The molecule has 0 bridgehead atoms. The van der Waals surface area contributed by atoms with Gasteiger partial charge in [-0.2, -0.15) is 18.2 Å². The molecule has 0 aliphatic rings. The van der Waals surface area contributed by atoms with Crippen molar-refractivity contribution in [1.82, 2.24) is 9.97 Å². The van der Waals surface area contributed by atoms with E-state index in [2.05, 4.69) is 20.6 Å². The molecule has 0 aliphatic heterocycles. The Labute approximate surface area is 120 Å². The van der Waals surface area contributed by atoms with Crippen molar-refractivity contribution in [3.8, 4) is 0 Å². The maximum Gasteiger partial charge on any atom is 0.418 e. The number of benzene rings is 1. The van der Waals surface area contributed by atoms with Crippen molar-refractivity contribution in [2.45, 2.75) is 20.0 Å². The lowest BCUT2D eigenvalue weighted by Gasteiger charge is -2.14. The molecule has 0 radical (unpaired) electrons. The number of rotatable bonds is 4. The molecule has 4 nitrogen and oxygen atoms in total. The molecule has 0 saturated carbocycles. The van der Waals surface area contributed by atoms with Crippen molar-refractivity contribution in [3.05, 3.63) is 41.6 Å². The predicted octanol–water partition coefficient (Wildman–Crippen LogP) is 3.98. The van der Waals surface area contributed by atoms with Gasteiger partial charge in [0.05, 0.1) is 11.3 Å². The minimum Gasteiger partial charge on any atom is -0.354 e. The van der Waals surface area contributed by atoms with E-state index in [9.17, 15) is 13.2 Å². The maximum atomic E-state index is 12.9. The van der Waals surface area contributed by atoms with E-state index in [0.29, 0.717) is 24.0 Å². The Kier molecular flexibility index (Phi) is 4.30. The molecule has 0 fully saturated rings. The summed E-state index contributed by atoms with van der Waals surface area (Å²) < 4.78 is 38.8. The fraction of sp³-hybridized carbons (Fsp3) is 0.286. The Bertz CT molecular complexity index is 626. The quantitative estimate of drug-likeness (QED) is 0.896. The van der Waals surface area contributed by atoms with Gasteiger partial charge in [-0.15, -0.1) is 0 Å². The standard InChI is InChI=1S/C14H15F3N4/c1-3-18-13-19-9(2)8-12(21-13)20-11-7-5-4-6-10(11)14(15,16)17/h4-8H,3H2,1-2H3,(H2,18,19,20,21). The molecule has 2 N–H and O–H groups in total. The predicted molar refractivity (Wildman–Crippen MR) is 75.7 cm³/mol. The fourth-order valence-corrected chi connectivity index (χ4v) is 1.85. The molecule has 0 aliphatic carbocycles. The van der Waals surface area contributed by atoms with Gasteiger partial charge in [0, 0.05) is 18.3 Å². The van der Waals surface area contributed by atoms with Crippen LogP contribution >= 0.6 is 0 Å². The largest absolute Gasteiger partial charge is 0.418 e. The summed E-state index contributed by atoms with van der Waals surface area (Å²) in [6.07, 6.45) is -4.42. The molecule has 112 valence electrons. The van der Waals surface area contributed by atoms with Crippen molar-refractivity contribution in [3.63, 3.8) is 0 Å². The summed E-state index contributed by atoms with van der Waals surface area (Å²) in [6, 6.07) is 6.88. The highest BCUT2D eigenvalue weighted by Crippen LogP contribution is 2.35. The number of nitrogens with zero attached hydrogens (tertiary/aromatic N) is 2. The Balaban J connectivity index is 2.35. The van der Waals surface area contributed by atoms with E-state index in [4.69, 9.17) is 0 Å². The first-order valence-electron chi connectivity index (χ1n) is 6.43. The van der Waals surface area contributed by atoms with Gasteiger partial charge in [0.2, 0.25) is 5.95 Å². The van der Waals surface area contributed by atoms with Crippen LogP contribution in [0.25, 0.3) is 0 Å². The number of anilines is 3. The van der Waals surface area contributed by atoms with E-state index >= 15 is 0 Å². The summed E-state index contributed by atoms with van der Waals surface area (Å²) >= 11 is 0. The molecular formula is C14H15F3N4. The molecule has 0 atom stereocenters. The Morgan fingerprint density at radius 2 is 1.86 bits per heavy atom. The van der Waals surface area contributed by atoms with Gasteiger partial charge in [0.15, 0.2) is 0 Å². The lowest BCUT2D eigenvalue weighted by Crippen LogP contribution is -2.10. The average Bonchev–Trinajstić information content (AvgIpc) is 2.37. The van der Waals surface area contributed by atoms with Crippen LogP contribution in [0.2, 0.25) is 0 Å². The van der Waals surface area contributed by atoms with Crippen molar-refractivity contribution in [2.24, 2.45) is 0 Å². The molecule has 2 rings (SSSR count). The third-order valence-electron chi connectivity index (χ3n) is 2.68. The smallest absolute Gasteiger partial charge is 0.354 e. The summed E-state index contributed by atoms with van der Waals surface area (Å²) in [6.45, 7) is 4.27. The third kappa shape index (κ3) is 3.84. The molecule has 0 amide bonds. The van der Waals surface area contributed by atoms with Crippen molar-refractivity contribution in [1.29, 1.82) is 0 Å². The van der Waals surface area contributed by atoms with Gasteiger partial charge in [-0.25, -0.2) is 4.98 Å². The minimum atomic E-state index is -4.42. The summed E-state index contributed by atoms with van der Waals surface area (Å²) in [5.41, 5.74) is -0.107. The molecule has 0 unspecified atom stereocenters. The van der Waals surface area contributed by atoms with Crippen molar-refractivity contribution in [2.75, 3.05) is 17.2 Å². The second-order valence-corrected chi connectivity index (χ2v) is 4.42. The van der Waals surface area contributed by atoms with E-state index in [1.807, 2.05) is 6.92 Å². The van der Waals surface area contributed by atoms with E-state index in [1.54, 1.807) is 13.0 Å². The molecule has 7 heteroatoms. The lowest BCUT2D eigenvalue weighted by atomic mass is 10.1. The van der Waals surface area contributed by atoms with Crippen LogP contribution in [-0.4, -0.2) is 16.5 Å². The number of aromatic nitrogens is 2. The number of hydrogen-bond donors (Lipinski definition) is 2. The van der Waals surface area contributed by atoms with Crippen LogP contribution in [0.5, 0.6) is 0 Å². The van der Waals surface area contributed by atoms with Gasteiger partial charge < -0.3 is 10.6 Å². The Morgan fingerprint density at radius 1 is 1.14 bits per heavy atom. The molecule has 21 heavy (non-hydrogen) atoms. The summed E-state index contributed by atoms with van der Waals surface area (Å²) in [5.74, 6) is 0.694. The first kappa shape index (κ1) is 15.1. The van der Waals surface area contributed by atoms with Crippen LogP contribution in [0.4, 0.5) is 30.6 Å². The van der Waals surface area contributed by atoms with E-state index < -0.39 is 11.7 Å². The molecular weight excluding hydrogens is 281 g/mol. The number of para-hydroxylation sites is 1. The van der Waals surface area contributed by atoms with Gasteiger partial charge in [0.1, 0.15) is 5.82 Å². The number of nitrogens with one attached hydrogen (secondary N) is 2. The summed E-state index contributed by atoms with van der Waals surface area (Å²) in [5, 5.41) is 5.64. The summed E-state index contributed by atoms with van der Waals surface area (Å²) in [4.78, 5) is 8.29. The molecule has 0 saturated heterocycles. The topological polar surface area (TPSA) is 49.8 Å². The van der Waals surface area contributed by atoms with Gasteiger partial charge in [-0.3, -0.25) is 0 Å². The third-order valence-corrected chi connectivity index (χ3v) is 2.68. The zero-order valence-electron chi connectivity index (χ0n) is 11.6. The van der Waals surface area contributed by atoms with Gasteiger partial charge in [0.25, 0.3) is 0 Å². The number of halogens is 3. The summed E-state index contributed by atoms with van der Waals surface area (Å²) in [7, 11) is 0. The van der Waals surface area contributed by atoms with Crippen LogP contribution in [-0.2, 0) is 6.18 Å². The van der Waals surface area contributed by atoms with Crippen molar-refractivity contribution >= 4 is 17.5 Å². The SMILES string of the molecule is CCNc1nc(C)cc(Nc2ccccc2C(F)(F)F)n1.